The van der Waals surface area contributed by atoms with Gasteiger partial charge in [0, 0.05) is 32.0 Å². The van der Waals surface area contributed by atoms with Crippen molar-refractivity contribution < 1.29 is 9.84 Å². The van der Waals surface area contributed by atoms with E-state index in [1.54, 1.807) is 12.3 Å². The van der Waals surface area contributed by atoms with Gasteiger partial charge < -0.3 is 14.8 Å². The molecule has 0 bridgehead atoms. The molecule has 0 radical (unpaired) electrons. The molecule has 1 fully saturated rings. The van der Waals surface area contributed by atoms with Gasteiger partial charge in [0.25, 0.3) is 5.56 Å². The fraction of sp³-hybridized carbons (Fsp3) is 0.545. The Morgan fingerprint density at radius 2 is 2.11 bits per heavy atom. The summed E-state index contributed by atoms with van der Waals surface area (Å²) >= 11 is 0. The van der Waals surface area contributed by atoms with Crippen LogP contribution < -0.4 is 5.56 Å². The standard InChI is InChI=1S/C17H25N3O3.C5H10/c1-4-15(13(2)3)23-12-17(22)5-9-20(10-6-17)11-14-16(21)19-8-7-18-14;1-3-5-4-2/h4,7-8,22H,1,5-6,9-12H2,2-3H3,(H,19,21);3,5H,4H2,1-2H3/b;5-3-. The molecule has 0 atom stereocenters. The molecule has 1 aromatic heterocycles. The van der Waals surface area contributed by atoms with E-state index in [0.29, 0.717) is 38.2 Å². The molecule has 0 saturated carbocycles. The molecular formula is C22H35N3O3. The zero-order chi connectivity index (χ0) is 21.0. The molecule has 2 rings (SSSR count). The van der Waals surface area contributed by atoms with Crippen LogP contribution in [-0.4, -0.2) is 45.3 Å². The number of aliphatic hydroxyl groups is 1. The number of rotatable bonds is 7. The lowest BCUT2D eigenvalue weighted by atomic mass is 9.92. The second-order valence-corrected chi connectivity index (χ2v) is 7.20. The van der Waals surface area contributed by atoms with Crippen LogP contribution in [0.5, 0.6) is 0 Å². The number of ether oxygens (including phenoxy) is 1. The first-order chi connectivity index (χ1) is 13.3. The number of nitrogens with one attached hydrogen (secondary N) is 1. The van der Waals surface area contributed by atoms with Crippen molar-refractivity contribution in [3.05, 3.63) is 64.6 Å². The SMILES string of the molecule is C/C=C\CC.C=CC(OCC1(O)CCN(Cc2ncc[nH]c2=O)CC1)=C(C)C. The van der Waals surface area contributed by atoms with Gasteiger partial charge in [0.1, 0.15) is 23.7 Å². The summed E-state index contributed by atoms with van der Waals surface area (Å²) in [4.78, 5) is 20.5. The molecule has 2 N–H and O–H groups in total. The molecule has 0 spiro atoms. The number of hydrogen-bond donors (Lipinski definition) is 2. The molecule has 6 nitrogen and oxygen atoms in total. The molecular weight excluding hydrogens is 354 g/mol. The van der Waals surface area contributed by atoms with Crippen molar-refractivity contribution in [3.8, 4) is 0 Å². The third kappa shape index (κ3) is 8.23. The second-order valence-electron chi connectivity index (χ2n) is 7.20. The van der Waals surface area contributed by atoms with E-state index in [9.17, 15) is 9.90 Å². The zero-order valence-electron chi connectivity index (χ0n) is 17.7. The Hall–Kier alpha value is -2.18. The number of nitrogens with zero attached hydrogens (tertiary/aromatic N) is 2. The maximum Gasteiger partial charge on any atom is 0.270 e. The Balaban J connectivity index is 0.000000696. The highest BCUT2D eigenvalue weighted by Gasteiger charge is 2.33. The van der Waals surface area contributed by atoms with E-state index >= 15 is 0 Å². The Kier molecular flexibility index (Phi) is 10.5. The molecule has 156 valence electrons. The quantitative estimate of drug-likeness (QED) is 0.423. The highest BCUT2D eigenvalue weighted by atomic mass is 16.5. The van der Waals surface area contributed by atoms with E-state index in [1.165, 1.54) is 6.20 Å². The van der Waals surface area contributed by atoms with Gasteiger partial charge >= 0.3 is 0 Å². The van der Waals surface area contributed by atoms with Crippen molar-refractivity contribution in [1.29, 1.82) is 0 Å². The first kappa shape index (κ1) is 23.9. The van der Waals surface area contributed by atoms with Crippen LogP contribution >= 0.6 is 0 Å². The van der Waals surface area contributed by atoms with Crippen LogP contribution in [0.1, 0.15) is 52.7 Å². The molecule has 0 aromatic carbocycles. The van der Waals surface area contributed by atoms with Gasteiger partial charge in [-0.15, -0.1) is 0 Å². The summed E-state index contributed by atoms with van der Waals surface area (Å²) in [5.41, 5.74) is 0.551. The van der Waals surface area contributed by atoms with Crippen molar-refractivity contribution in [2.75, 3.05) is 19.7 Å². The van der Waals surface area contributed by atoms with Gasteiger partial charge in [0.2, 0.25) is 0 Å². The number of H-pyrrole nitrogens is 1. The second kappa shape index (κ2) is 12.3. The zero-order valence-corrected chi connectivity index (χ0v) is 17.7. The van der Waals surface area contributed by atoms with Gasteiger partial charge in [-0.2, -0.15) is 0 Å². The molecule has 0 unspecified atom stereocenters. The Morgan fingerprint density at radius 3 is 2.57 bits per heavy atom. The van der Waals surface area contributed by atoms with Crippen LogP contribution in [-0.2, 0) is 11.3 Å². The van der Waals surface area contributed by atoms with Crippen molar-refractivity contribution in [1.82, 2.24) is 14.9 Å². The topological polar surface area (TPSA) is 78.5 Å². The van der Waals surface area contributed by atoms with E-state index in [2.05, 4.69) is 40.5 Å². The van der Waals surface area contributed by atoms with Gasteiger partial charge in [0.15, 0.2) is 0 Å². The summed E-state index contributed by atoms with van der Waals surface area (Å²) in [5, 5.41) is 10.6. The average Bonchev–Trinajstić information content (AvgIpc) is 2.67. The highest BCUT2D eigenvalue weighted by molar-refractivity contribution is 5.15. The van der Waals surface area contributed by atoms with Gasteiger partial charge in [-0.3, -0.25) is 14.7 Å². The minimum atomic E-state index is -0.837. The van der Waals surface area contributed by atoms with E-state index < -0.39 is 5.60 Å². The van der Waals surface area contributed by atoms with Gasteiger partial charge in [-0.25, -0.2) is 0 Å². The van der Waals surface area contributed by atoms with Gasteiger partial charge in [-0.1, -0.05) is 25.7 Å². The third-order valence-corrected chi connectivity index (χ3v) is 4.59. The van der Waals surface area contributed by atoms with E-state index in [-0.39, 0.29) is 12.2 Å². The van der Waals surface area contributed by atoms with E-state index in [1.807, 2.05) is 20.8 Å². The maximum atomic E-state index is 11.7. The van der Waals surface area contributed by atoms with Crippen LogP contribution in [0.4, 0.5) is 0 Å². The van der Waals surface area contributed by atoms with Crippen molar-refractivity contribution >= 4 is 0 Å². The van der Waals surface area contributed by atoms with Crippen LogP contribution in [0.15, 0.2) is 53.3 Å². The van der Waals surface area contributed by atoms with E-state index in [0.717, 1.165) is 17.8 Å². The molecule has 0 amide bonds. The summed E-state index contributed by atoms with van der Waals surface area (Å²) < 4.78 is 5.69. The molecule has 2 heterocycles. The fourth-order valence-corrected chi connectivity index (χ4v) is 2.83. The van der Waals surface area contributed by atoms with Crippen LogP contribution in [0.3, 0.4) is 0 Å². The summed E-state index contributed by atoms with van der Waals surface area (Å²) in [6.45, 7) is 14.0. The first-order valence-electron chi connectivity index (χ1n) is 9.86. The number of aromatic amines is 1. The Labute approximate surface area is 168 Å². The molecule has 1 aliphatic heterocycles. The molecule has 1 aliphatic rings. The highest BCUT2D eigenvalue weighted by Crippen LogP contribution is 2.24. The van der Waals surface area contributed by atoms with Crippen LogP contribution in [0, 0.1) is 0 Å². The van der Waals surface area contributed by atoms with Gasteiger partial charge in [0.05, 0.1) is 0 Å². The van der Waals surface area contributed by atoms with Crippen molar-refractivity contribution in [2.24, 2.45) is 0 Å². The molecule has 28 heavy (non-hydrogen) atoms. The minimum Gasteiger partial charge on any atom is -0.491 e. The average molecular weight is 390 g/mol. The monoisotopic (exact) mass is 389 g/mol. The van der Waals surface area contributed by atoms with Crippen LogP contribution in [0.2, 0.25) is 0 Å². The largest absolute Gasteiger partial charge is 0.491 e. The smallest absolute Gasteiger partial charge is 0.270 e. The molecule has 1 aromatic rings. The predicted octanol–water partition coefficient (Wildman–Crippen LogP) is 3.57. The molecule has 0 aliphatic carbocycles. The van der Waals surface area contributed by atoms with E-state index in [4.69, 9.17) is 4.74 Å². The minimum absolute atomic E-state index is 0.157. The van der Waals surface area contributed by atoms with Crippen molar-refractivity contribution in [3.63, 3.8) is 0 Å². The summed E-state index contributed by atoms with van der Waals surface area (Å²) in [7, 11) is 0. The molecule has 6 heteroatoms. The Bertz CT molecular complexity index is 710. The maximum absolute atomic E-state index is 11.7. The molecule has 1 saturated heterocycles. The lowest BCUT2D eigenvalue weighted by Crippen LogP contribution is -2.47. The van der Waals surface area contributed by atoms with Crippen LogP contribution in [0.25, 0.3) is 0 Å². The van der Waals surface area contributed by atoms with Gasteiger partial charge in [-0.05, 0) is 51.7 Å². The van der Waals surface area contributed by atoms with Crippen molar-refractivity contribution in [2.45, 2.75) is 59.1 Å². The number of likely N-dealkylation sites (tertiary alicyclic amines) is 1. The lowest BCUT2D eigenvalue weighted by molar-refractivity contribution is -0.0677. The lowest BCUT2D eigenvalue weighted by Gasteiger charge is -2.37. The fourth-order valence-electron chi connectivity index (χ4n) is 2.83. The number of allylic oxidation sites excluding steroid dienone is 4. The third-order valence-electron chi connectivity index (χ3n) is 4.59. The number of hydrogen-bond acceptors (Lipinski definition) is 5. The number of aromatic nitrogens is 2. The summed E-state index contributed by atoms with van der Waals surface area (Å²) in [6.07, 6.45) is 11.3. The Morgan fingerprint density at radius 1 is 1.43 bits per heavy atom. The first-order valence-corrected chi connectivity index (χ1v) is 9.86. The predicted molar refractivity (Wildman–Crippen MR) is 114 cm³/mol. The normalized spacial score (nSPS) is 16.2. The summed E-state index contributed by atoms with van der Waals surface area (Å²) in [5.74, 6) is 0.723. The summed E-state index contributed by atoms with van der Waals surface area (Å²) in [6, 6.07) is 0. The number of piperidine rings is 1.